The van der Waals surface area contributed by atoms with Crippen molar-refractivity contribution in [2.45, 2.75) is 25.6 Å². The number of carbonyl (C=O) groups is 2. The fourth-order valence-electron chi connectivity index (χ4n) is 2.41. The SMILES string of the molecule is Cc1c(NC(=O)C(=O)N(C)[C@H]2CCSC2)cccc1C(F)(F)F. The topological polar surface area (TPSA) is 49.4 Å². The Balaban J connectivity index is 2.12. The maximum Gasteiger partial charge on any atom is 0.416 e. The highest BCUT2D eigenvalue weighted by Gasteiger charge is 2.33. The molecule has 1 aromatic carbocycles. The first kappa shape index (κ1) is 17.7. The summed E-state index contributed by atoms with van der Waals surface area (Å²) in [6.45, 7) is 1.26. The second-order valence-electron chi connectivity index (χ2n) is 5.36. The lowest BCUT2D eigenvalue weighted by Gasteiger charge is -2.23. The van der Waals surface area contributed by atoms with E-state index in [2.05, 4.69) is 5.32 Å². The zero-order valence-corrected chi connectivity index (χ0v) is 13.6. The van der Waals surface area contributed by atoms with E-state index < -0.39 is 23.6 Å². The number of carbonyl (C=O) groups excluding carboxylic acids is 2. The van der Waals surface area contributed by atoms with Gasteiger partial charge >= 0.3 is 18.0 Å². The van der Waals surface area contributed by atoms with Crippen LogP contribution in [0, 0.1) is 6.92 Å². The Labute approximate surface area is 136 Å². The van der Waals surface area contributed by atoms with Crippen LogP contribution in [0.15, 0.2) is 18.2 Å². The molecule has 1 aromatic rings. The van der Waals surface area contributed by atoms with Crippen LogP contribution in [0.5, 0.6) is 0 Å². The summed E-state index contributed by atoms with van der Waals surface area (Å²) in [5.74, 6) is 0.0236. The summed E-state index contributed by atoms with van der Waals surface area (Å²) in [6.07, 6.45) is -3.70. The summed E-state index contributed by atoms with van der Waals surface area (Å²) < 4.78 is 38.6. The van der Waals surface area contributed by atoms with Gasteiger partial charge < -0.3 is 10.2 Å². The average Bonchev–Trinajstić information content (AvgIpc) is 3.00. The van der Waals surface area contributed by atoms with Crippen LogP contribution in [0.2, 0.25) is 0 Å². The van der Waals surface area contributed by atoms with Crippen LogP contribution in [0.25, 0.3) is 0 Å². The van der Waals surface area contributed by atoms with E-state index >= 15 is 0 Å². The molecule has 1 aliphatic rings. The van der Waals surface area contributed by atoms with Gasteiger partial charge in [-0.3, -0.25) is 9.59 Å². The van der Waals surface area contributed by atoms with Crippen molar-refractivity contribution in [2.75, 3.05) is 23.9 Å². The molecule has 0 spiro atoms. The lowest BCUT2D eigenvalue weighted by Crippen LogP contribution is -2.43. The van der Waals surface area contributed by atoms with Crippen LogP contribution < -0.4 is 5.32 Å². The largest absolute Gasteiger partial charge is 0.416 e. The molecule has 1 fully saturated rings. The number of likely N-dealkylation sites (N-methyl/N-ethyl adjacent to an activating group) is 1. The fourth-order valence-corrected chi connectivity index (χ4v) is 3.68. The standard InChI is InChI=1S/C15H17F3N2O2S/c1-9-11(15(16,17)18)4-3-5-12(9)19-13(21)14(22)20(2)10-6-7-23-8-10/h3-5,10H,6-8H2,1-2H3,(H,19,21)/t10-/m0/s1. The highest BCUT2D eigenvalue weighted by atomic mass is 32.2. The van der Waals surface area contributed by atoms with E-state index in [1.807, 2.05) is 0 Å². The number of nitrogens with one attached hydrogen (secondary N) is 1. The van der Waals surface area contributed by atoms with Crippen molar-refractivity contribution < 1.29 is 22.8 Å². The summed E-state index contributed by atoms with van der Waals surface area (Å²) in [4.78, 5) is 25.5. The molecule has 0 unspecified atom stereocenters. The smallest absolute Gasteiger partial charge is 0.334 e. The van der Waals surface area contributed by atoms with Crippen LogP contribution in [-0.2, 0) is 15.8 Å². The summed E-state index contributed by atoms with van der Waals surface area (Å²) in [5.41, 5.74) is -0.948. The van der Waals surface area contributed by atoms with Gasteiger partial charge in [0, 0.05) is 24.5 Å². The highest BCUT2D eigenvalue weighted by molar-refractivity contribution is 7.99. The minimum Gasteiger partial charge on any atom is -0.334 e. The summed E-state index contributed by atoms with van der Waals surface area (Å²) in [5, 5.41) is 2.29. The Morgan fingerprint density at radius 3 is 2.61 bits per heavy atom. The van der Waals surface area contributed by atoms with Gasteiger partial charge in [0.1, 0.15) is 0 Å². The Morgan fingerprint density at radius 1 is 1.35 bits per heavy atom. The van der Waals surface area contributed by atoms with E-state index in [-0.39, 0.29) is 17.3 Å². The molecule has 0 radical (unpaired) electrons. The summed E-state index contributed by atoms with van der Waals surface area (Å²) >= 11 is 1.70. The van der Waals surface area contributed by atoms with Crippen LogP contribution in [0.1, 0.15) is 17.5 Å². The Morgan fingerprint density at radius 2 is 2.04 bits per heavy atom. The predicted molar refractivity (Wildman–Crippen MR) is 83.3 cm³/mol. The number of hydrogen-bond acceptors (Lipinski definition) is 3. The average molecular weight is 346 g/mol. The first-order valence-electron chi connectivity index (χ1n) is 7.04. The van der Waals surface area contributed by atoms with Gasteiger partial charge in [-0.1, -0.05) is 6.07 Å². The molecule has 0 aromatic heterocycles. The minimum atomic E-state index is -4.51. The van der Waals surface area contributed by atoms with E-state index in [0.29, 0.717) is 0 Å². The van der Waals surface area contributed by atoms with Crippen molar-refractivity contribution in [1.82, 2.24) is 4.90 Å². The third-order valence-corrected chi connectivity index (χ3v) is 5.00. The number of amides is 2. The molecular weight excluding hydrogens is 329 g/mol. The van der Waals surface area contributed by atoms with Gasteiger partial charge in [-0.2, -0.15) is 24.9 Å². The minimum absolute atomic E-state index is 0.00706. The van der Waals surface area contributed by atoms with Crippen molar-refractivity contribution in [3.63, 3.8) is 0 Å². The maximum absolute atomic E-state index is 12.9. The number of alkyl halides is 3. The van der Waals surface area contributed by atoms with Crippen molar-refractivity contribution >= 4 is 29.3 Å². The third-order valence-electron chi connectivity index (χ3n) is 3.86. The Hall–Kier alpha value is -1.70. The zero-order valence-electron chi connectivity index (χ0n) is 12.7. The van der Waals surface area contributed by atoms with Crippen LogP contribution in [-0.4, -0.2) is 41.3 Å². The quantitative estimate of drug-likeness (QED) is 0.838. The normalized spacial score (nSPS) is 17.9. The molecular formula is C15H17F3N2O2S. The lowest BCUT2D eigenvalue weighted by molar-refractivity contribution is -0.143. The van der Waals surface area contributed by atoms with E-state index in [1.54, 1.807) is 11.8 Å². The second-order valence-corrected chi connectivity index (χ2v) is 6.51. The van der Waals surface area contributed by atoms with E-state index in [4.69, 9.17) is 0 Å². The molecule has 0 saturated carbocycles. The van der Waals surface area contributed by atoms with Crippen molar-refractivity contribution in [3.05, 3.63) is 29.3 Å². The highest BCUT2D eigenvalue weighted by Crippen LogP contribution is 2.34. The molecule has 126 valence electrons. The maximum atomic E-state index is 12.9. The van der Waals surface area contributed by atoms with Gasteiger partial charge in [0.15, 0.2) is 0 Å². The monoisotopic (exact) mass is 346 g/mol. The molecule has 2 amide bonds. The number of thioether (sulfide) groups is 1. The number of benzene rings is 1. The number of nitrogens with zero attached hydrogens (tertiary/aromatic N) is 1. The van der Waals surface area contributed by atoms with Gasteiger partial charge in [0.2, 0.25) is 0 Å². The molecule has 0 bridgehead atoms. The molecule has 4 nitrogen and oxygen atoms in total. The van der Waals surface area contributed by atoms with E-state index in [9.17, 15) is 22.8 Å². The van der Waals surface area contributed by atoms with Crippen LogP contribution in [0.3, 0.4) is 0 Å². The summed E-state index contributed by atoms with van der Waals surface area (Å²) in [7, 11) is 1.54. The zero-order chi connectivity index (χ0) is 17.2. The lowest BCUT2D eigenvalue weighted by atomic mass is 10.1. The van der Waals surface area contributed by atoms with Crippen molar-refractivity contribution in [1.29, 1.82) is 0 Å². The first-order chi connectivity index (χ1) is 10.7. The number of rotatable bonds is 2. The van der Waals surface area contributed by atoms with Gasteiger partial charge in [0.25, 0.3) is 0 Å². The van der Waals surface area contributed by atoms with Crippen molar-refractivity contribution in [2.24, 2.45) is 0 Å². The molecule has 2 rings (SSSR count). The molecule has 1 aliphatic heterocycles. The fraction of sp³-hybridized carbons (Fsp3) is 0.467. The number of halogens is 3. The first-order valence-corrected chi connectivity index (χ1v) is 8.20. The van der Waals surface area contributed by atoms with Gasteiger partial charge in [0.05, 0.1) is 5.56 Å². The van der Waals surface area contributed by atoms with Gasteiger partial charge in [-0.05, 0) is 36.8 Å². The van der Waals surface area contributed by atoms with E-state index in [1.165, 1.54) is 31.0 Å². The molecule has 1 N–H and O–H groups in total. The Bertz CT molecular complexity index is 613. The predicted octanol–water partition coefficient (Wildman–Crippen LogP) is 2.92. The molecule has 8 heteroatoms. The Kier molecular flexibility index (Phi) is 5.23. The summed E-state index contributed by atoms with van der Waals surface area (Å²) in [6, 6.07) is 3.48. The molecule has 0 aliphatic carbocycles. The van der Waals surface area contributed by atoms with Gasteiger partial charge in [-0.15, -0.1) is 0 Å². The second kappa shape index (κ2) is 6.82. The van der Waals surface area contributed by atoms with Gasteiger partial charge in [-0.25, -0.2) is 0 Å². The van der Waals surface area contributed by atoms with Crippen molar-refractivity contribution in [3.8, 4) is 0 Å². The van der Waals surface area contributed by atoms with Crippen LogP contribution in [0.4, 0.5) is 18.9 Å². The molecule has 23 heavy (non-hydrogen) atoms. The number of anilines is 1. The number of hydrogen-bond donors (Lipinski definition) is 1. The molecule has 1 saturated heterocycles. The van der Waals surface area contributed by atoms with E-state index in [0.717, 1.165) is 24.0 Å². The van der Waals surface area contributed by atoms with Crippen LogP contribution >= 0.6 is 11.8 Å². The molecule has 1 atom stereocenters. The third kappa shape index (κ3) is 3.99. The molecule has 1 heterocycles.